The minimum atomic E-state index is -1.38. The van der Waals surface area contributed by atoms with Crippen molar-refractivity contribution >= 4 is 174 Å². The molecular formula is C71H70B2Cl5IN22O7. The van der Waals surface area contributed by atoms with Gasteiger partial charge in [-0.15, -0.1) is 21.8 Å². The molecule has 108 heavy (non-hydrogen) atoms. The summed E-state index contributed by atoms with van der Waals surface area (Å²) >= 11 is 29.9. The lowest BCUT2D eigenvalue weighted by Crippen LogP contribution is -2.41. The Bertz CT molecular complexity index is 5670. The molecular weight excluding hydrogens is 1600 g/mol. The van der Waals surface area contributed by atoms with Gasteiger partial charge in [0.2, 0.25) is 0 Å². The summed E-state index contributed by atoms with van der Waals surface area (Å²) in [5.74, 6) is 0.543. The molecule has 0 amide bonds. The highest BCUT2D eigenvalue weighted by atomic mass is 127. The van der Waals surface area contributed by atoms with Crippen LogP contribution in [0.1, 0.15) is 64.8 Å². The van der Waals surface area contributed by atoms with Crippen LogP contribution in [0.3, 0.4) is 0 Å². The normalized spacial score (nSPS) is 12.3. The van der Waals surface area contributed by atoms with Crippen molar-refractivity contribution in [3.8, 4) is 33.8 Å². The van der Waals surface area contributed by atoms with Gasteiger partial charge in [-0.2, -0.15) is 30.4 Å². The predicted molar refractivity (Wildman–Crippen MR) is 430 cm³/mol. The number of carbonyl (C=O) groups excluding carboxylic acids is 1. The van der Waals surface area contributed by atoms with Crippen LogP contribution in [0.15, 0.2) is 186 Å². The lowest BCUT2D eigenvalue weighted by atomic mass is 9.79. The van der Waals surface area contributed by atoms with Crippen LogP contribution < -0.4 is 28.1 Å². The monoisotopic (exact) mass is 1670 g/mol. The van der Waals surface area contributed by atoms with Crippen LogP contribution >= 0.6 is 80.6 Å². The minimum absolute atomic E-state index is 0. The van der Waals surface area contributed by atoms with Gasteiger partial charge in [-0.3, -0.25) is 19.7 Å². The van der Waals surface area contributed by atoms with Crippen molar-refractivity contribution in [1.82, 2.24) is 93.5 Å². The number of fused-ring (bicyclic) bond motifs is 6. The molecule has 1 fully saturated rings. The van der Waals surface area contributed by atoms with Gasteiger partial charge < -0.3 is 45.4 Å². The van der Waals surface area contributed by atoms with E-state index in [-0.39, 0.29) is 42.3 Å². The lowest BCUT2D eigenvalue weighted by Gasteiger charge is -2.32. The zero-order valence-electron chi connectivity index (χ0n) is 58.5. The minimum Gasteiger partial charge on any atom is -0.424 e. The molecule has 16 aromatic rings. The second-order valence-corrected chi connectivity index (χ2v) is 26.9. The average Bonchev–Trinajstić information content (AvgIpc) is 1.62. The first-order chi connectivity index (χ1) is 51.0. The van der Waals surface area contributed by atoms with Crippen LogP contribution in [0.2, 0.25) is 20.6 Å². The number of benzene rings is 2. The maximum Gasteiger partial charge on any atom is 0.494 e. The number of aryl methyl sites for hydroxylation is 4. The average molecular weight is 1670 g/mol. The van der Waals surface area contributed by atoms with Crippen molar-refractivity contribution in [2.24, 2.45) is 0 Å². The zero-order valence-corrected chi connectivity index (χ0v) is 64.5. The summed E-state index contributed by atoms with van der Waals surface area (Å²) in [5, 5.41) is 43.0. The summed E-state index contributed by atoms with van der Waals surface area (Å²) in [4.78, 5) is 47.3. The Kier molecular flexibility index (Phi) is 27.6. The zero-order chi connectivity index (χ0) is 76.9. The van der Waals surface area contributed by atoms with E-state index in [2.05, 4.69) is 92.9 Å². The van der Waals surface area contributed by atoms with E-state index < -0.39 is 14.2 Å². The number of anilines is 3. The fraction of sp³-hybridized carbons (Fsp3) is 0.183. The van der Waals surface area contributed by atoms with Gasteiger partial charge in [0.25, 0.3) is 12.0 Å². The number of carbonyl (C=O) groups is 1. The summed E-state index contributed by atoms with van der Waals surface area (Å²) < 4.78 is 30.6. The Labute approximate surface area is 657 Å². The third-order valence-corrected chi connectivity index (χ3v) is 18.1. The predicted octanol–water partition coefficient (Wildman–Crippen LogP) is 12.9. The number of nitrogen functional groups attached to an aromatic ring is 3. The summed E-state index contributed by atoms with van der Waals surface area (Å²) in [5.41, 5.74) is 32.5. The standard InChI is InChI=1S/C19H14N6O.C13H17BN2O3.C12H9ClN4.C7H5ClIN3.C7H6ClN3.C5H6BNO2.C4H4ClN3.C3H5ClO.CH4/c1-11-18(12-6-8-21-9-7-12)25-17(22-11)5-3-14(24-25)13-2-4-16-15(10-13)23-19(20)26-16;1-12(2)13(3,4)19-14(18-12)8-5-6-10-9(7-8)16-11(15)17-10;1-8-12(9-4-6-14-7-5-9)17-11(15-8)3-2-10(13)16-17;1-4-7(9)12-6(10-4)3-2-5(8)11-12;1-5-4-11-7(9-5)3-2-6(8)10-11;8-6(9)5-1-3-7-4-2-5;5-3-1-2-4(6)8-7-3;1-3(5)2-4;/h2-10H,1H3,(H2,20,23);5-7H,1-4H3,(H2,15,16);2-7H,1H3;2-3H,1H3;2-4H,1H3;1-4,8-9H;1-2H,(H2,6,8);2H2,1H3;1H4. The molecule has 15 heterocycles. The number of rotatable bonds is 6. The summed E-state index contributed by atoms with van der Waals surface area (Å²) in [6.45, 7) is 17.4. The highest BCUT2D eigenvalue weighted by molar-refractivity contribution is 14.1. The first-order valence-electron chi connectivity index (χ1n) is 32.1. The molecule has 1 aliphatic rings. The van der Waals surface area contributed by atoms with Crippen LogP contribution in [0.4, 0.5) is 17.8 Å². The molecule has 0 unspecified atom stereocenters. The number of alkyl halides is 1. The van der Waals surface area contributed by atoms with Crippen molar-refractivity contribution < 1.29 is 33.0 Å². The third-order valence-electron chi connectivity index (χ3n) is 15.6. The number of pyridine rings is 3. The summed E-state index contributed by atoms with van der Waals surface area (Å²) in [7, 11) is -1.78. The van der Waals surface area contributed by atoms with E-state index in [0.717, 1.165) is 88.3 Å². The van der Waals surface area contributed by atoms with E-state index in [9.17, 15) is 4.79 Å². The van der Waals surface area contributed by atoms with Crippen LogP contribution in [0, 0.1) is 31.4 Å². The number of Topliss-reactive ketones (excluding diaryl/α,β-unsaturated/α-hetero) is 1. The van der Waals surface area contributed by atoms with Crippen molar-refractivity contribution in [2.75, 3.05) is 23.1 Å². The Hall–Kier alpha value is -10.4. The lowest BCUT2D eigenvalue weighted by molar-refractivity contribution is -0.114. The molecule has 0 spiro atoms. The fourth-order valence-electron chi connectivity index (χ4n) is 9.93. The molecule has 0 bridgehead atoms. The van der Waals surface area contributed by atoms with Gasteiger partial charge >= 0.3 is 14.2 Å². The number of hydrogen-bond acceptors (Lipinski definition) is 25. The van der Waals surface area contributed by atoms with Gasteiger partial charge in [0.1, 0.15) is 41.8 Å². The largest absolute Gasteiger partial charge is 0.494 e. The van der Waals surface area contributed by atoms with Crippen molar-refractivity contribution in [3.05, 3.63) is 224 Å². The molecule has 0 radical (unpaired) electrons. The van der Waals surface area contributed by atoms with E-state index in [1.54, 1.807) is 80.8 Å². The maximum atomic E-state index is 9.68. The third kappa shape index (κ3) is 20.8. The topological polar surface area (TPSA) is 391 Å². The number of nitrogens with zero attached hydrogens (tertiary/aromatic N) is 19. The smallest absolute Gasteiger partial charge is 0.424 e. The molecule has 0 atom stereocenters. The van der Waals surface area contributed by atoms with E-state index >= 15 is 0 Å². The molecule has 37 heteroatoms. The second kappa shape index (κ2) is 36.5. The van der Waals surface area contributed by atoms with Crippen molar-refractivity contribution in [1.29, 1.82) is 0 Å². The van der Waals surface area contributed by atoms with Crippen LogP contribution in [-0.4, -0.2) is 141 Å². The molecule has 1 saturated heterocycles. The van der Waals surface area contributed by atoms with E-state index in [1.165, 1.54) is 19.3 Å². The SMILES string of the molecule is C.CC(=O)CCl.CC1(C)OB(c2ccc3oc(N)nc3c2)OC1(C)C.Cc1cn2nc(Cl)ccc2n1.Cc1nc2ccc(-c3ccc4oc(N)nc4c3)nn2c1-c1ccncc1.Cc1nc2ccc(Cl)nn2c1-c1ccncc1.Cc1nc2ccc(Cl)nn2c1I.Nc1ccc(Cl)nn1.OB(O)c1ccncc1. The number of halogens is 6. The molecule has 17 rings (SSSR count). The van der Waals surface area contributed by atoms with E-state index in [0.29, 0.717) is 54.1 Å². The summed E-state index contributed by atoms with van der Waals surface area (Å²) in [6, 6.07) is 40.3. The number of imidazole rings is 4. The molecule has 8 N–H and O–H groups in total. The van der Waals surface area contributed by atoms with Gasteiger partial charge in [-0.25, -0.2) is 38.0 Å². The van der Waals surface area contributed by atoms with Gasteiger partial charge in [-0.05, 0) is 223 Å². The maximum absolute atomic E-state index is 9.68. The molecule has 0 aliphatic carbocycles. The van der Waals surface area contributed by atoms with Gasteiger partial charge in [-0.1, -0.05) is 59.9 Å². The molecule has 1 aliphatic heterocycles. The van der Waals surface area contributed by atoms with Crippen molar-refractivity contribution in [3.63, 3.8) is 0 Å². The molecule has 554 valence electrons. The van der Waals surface area contributed by atoms with Crippen LogP contribution in [0.25, 0.3) is 78.6 Å². The fourth-order valence-corrected chi connectivity index (χ4v) is 10.9. The molecule has 29 nitrogen and oxygen atoms in total. The quantitative estimate of drug-likeness (QED) is 0.0586. The number of aromatic nitrogens is 19. The summed E-state index contributed by atoms with van der Waals surface area (Å²) in [6.07, 6.45) is 11.9. The Balaban J connectivity index is 0.000000148. The Morgan fingerprint density at radius 1 is 0.528 bits per heavy atom. The number of hydrogen-bond donors (Lipinski definition) is 5. The number of nitrogens with two attached hydrogens (primary N) is 3. The first kappa shape index (κ1) is 81.7. The van der Waals surface area contributed by atoms with Gasteiger partial charge in [0, 0.05) is 53.9 Å². The Morgan fingerprint density at radius 3 is 1.48 bits per heavy atom. The van der Waals surface area contributed by atoms with Crippen LogP contribution in [-0.2, 0) is 14.1 Å². The van der Waals surface area contributed by atoms with Crippen molar-refractivity contribution in [2.45, 2.75) is 80.9 Å². The van der Waals surface area contributed by atoms with Gasteiger partial charge in [0.15, 0.2) is 38.9 Å². The number of ketones is 1. The van der Waals surface area contributed by atoms with E-state index in [4.69, 9.17) is 108 Å². The van der Waals surface area contributed by atoms with Gasteiger partial charge in [0.05, 0.1) is 63.1 Å². The highest BCUT2D eigenvalue weighted by Crippen LogP contribution is 2.37. The Morgan fingerprint density at radius 2 is 0.981 bits per heavy atom. The molecule has 2 aromatic carbocycles. The number of oxazole rings is 2. The highest BCUT2D eigenvalue weighted by Gasteiger charge is 2.51. The molecule has 0 saturated carbocycles. The first-order valence-corrected chi connectivity index (χ1v) is 35.2. The second-order valence-electron chi connectivity index (χ2n) is 24.1. The molecule has 14 aromatic heterocycles. The van der Waals surface area contributed by atoms with Crippen LogP contribution in [0.5, 0.6) is 0 Å². The van der Waals surface area contributed by atoms with E-state index in [1.807, 2.05) is 157 Å².